The van der Waals surface area contributed by atoms with E-state index < -0.39 is 57.4 Å². The number of benzene rings is 14. The molecule has 0 amide bonds. The fraction of sp³-hybridized carbons (Fsp3) is 0.0222. The Morgan fingerprint density at radius 3 is 0.912 bits per heavy atom. The number of hydrogen-bond acceptors (Lipinski definition) is 4. The van der Waals surface area contributed by atoms with Crippen molar-refractivity contribution in [2.75, 3.05) is 9.80 Å². The second-order valence-corrected chi connectivity index (χ2v) is 25.0. The summed E-state index contributed by atoms with van der Waals surface area (Å²) in [6.07, 6.45) is 3.46. The maximum atomic E-state index is 17.1. The highest BCUT2D eigenvalue weighted by atomic mass is 19.2. The van der Waals surface area contributed by atoms with Gasteiger partial charge in [-0.3, -0.25) is 0 Å². The average molecular weight is 1350 g/mol. The lowest BCUT2D eigenvalue weighted by Gasteiger charge is -2.35. The minimum atomic E-state index is -1.61. The van der Waals surface area contributed by atoms with Gasteiger partial charge in [-0.1, -0.05) is 171 Å². The van der Waals surface area contributed by atoms with Gasteiger partial charge in [0.15, 0.2) is 34.9 Å². The van der Waals surface area contributed by atoms with E-state index in [0.717, 1.165) is 56.6 Å². The van der Waals surface area contributed by atoms with Crippen LogP contribution >= 0.6 is 0 Å². The van der Waals surface area contributed by atoms with Gasteiger partial charge in [0.05, 0.1) is 10.8 Å². The highest BCUT2D eigenvalue weighted by Gasteiger charge is 2.50. The van der Waals surface area contributed by atoms with Crippen LogP contribution in [0.4, 0.5) is 69.2 Å². The molecule has 102 heavy (non-hydrogen) atoms. The summed E-state index contributed by atoms with van der Waals surface area (Å²) in [5.41, 5.74) is 10.2. The molecule has 16 rings (SSSR count). The van der Waals surface area contributed by atoms with Crippen molar-refractivity contribution in [2.45, 2.75) is 10.8 Å². The van der Waals surface area contributed by atoms with Crippen molar-refractivity contribution in [3.63, 3.8) is 0 Å². The van der Waals surface area contributed by atoms with Gasteiger partial charge in [-0.2, -0.15) is 0 Å². The van der Waals surface area contributed by atoms with Crippen LogP contribution < -0.4 is 19.3 Å². The van der Waals surface area contributed by atoms with Crippen molar-refractivity contribution in [3.8, 4) is 56.4 Å². The van der Waals surface area contributed by atoms with Gasteiger partial charge in [-0.15, -0.1) is 0 Å². The van der Waals surface area contributed by atoms with Gasteiger partial charge >= 0.3 is 0 Å². The largest absolute Gasteiger partial charge is 0.457 e. The molecule has 4 nitrogen and oxygen atoms in total. The molecule has 0 aliphatic heterocycles. The number of anilines is 6. The number of halogens is 8. The molecular formula is C90H56F8N2O2. The van der Waals surface area contributed by atoms with E-state index in [9.17, 15) is 8.78 Å². The fourth-order valence-electron chi connectivity index (χ4n) is 14.8. The maximum absolute atomic E-state index is 17.1. The van der Waals surface area contributed by atoms with Crippen molar-refractivity contribution >= 4 is 46.3 Å². The molecule has 0 saturated carbocycles. The average Bonchev–Trinajstić information content (AvgIpc) is 1.53. The molecular weight excluding hydrogens is 1290 g/mol. The molecule has 2 atom stereocenters. The zero-order valence-electron chi connectivity index (χ0n) is 54.2. The molecule has 14 aromatic rings. The third kappa shape index (κ3) is 10.8. The normalized spacial score (nSPS) is 14.6. The van der Waals surface area contributed by atoms with E-state index in [2.05, 4.69) is 13.2 Å². The van der Waals surface area contributed by atoms with Crippen LogP contribution in [0.3, 0.4) is 0 Å². The van der Waals surface area contributed by atoms with E-state index in [4.69, 9.17) is 9.47 Å². The first-order valence-electron chi connectivity index (χ1n) is 32.8. The smallest absolute Gasteiger partial charge is 0.194 e. The van der Waals surface area contributed by atoms with Crippen LogP contribution in [-0.2, 0) is 10.8 Å². The number of ether oxygens (including phenoxy) is 2. The van der Waals surface area contributed by atoms with Crippen LogP contribution in [0.2, 0.25) is 0 Å². The minimum Gasteiger partial charge on any atom is -0.457 e. The SMILES string of the molecule is C=Cc1ccc(Oc2ccc(C3(c4ccc(F)c(F)c4F)c4ccccc4-c4ccc(N(c5ccc(F)cc5)c5ccc(-c6ccc(N(c7ccc(F)cc7)c7ccc8c(c7)C(c7ccc(Oc9ccc(C=C)cc9)cc7)(c7ccc(F)c(F)c7F)c7ccccc7-8)cc6)cc5)cc43)cc2)cc1. The van der Waals surface area contributed by atoms with Gasteiger partial charge < -0.3 is 19.3 Å². The summed E-state index contributed by atoms with van der Waals surface area (Å²) in [6, 6.07) is 87.7. The summed E-state index contributed by atoms with van der Waals surface area (Å²) in [4.78, 5) is 3.88. The molecule has 12 heteroatoms. The Morgan fingerprint density at radius 2 is 0.569 bits per heavy atom. The first kappa shape index (κ1) is 63.9. The zero-order valence-corrected chi connectivity index (χ0v) is 54.2. The molecule has 2 aliphatic carbocycles. The molecule has 494 valence electrons. The summed E-state index contributed by atoms with van der Waals surface area (Å²) in [6.45, 7) is 7.67. The van der Waals surface area contributed by atoms with E-state index in [0.29, 0.717) is 90.5 Å². The lowest BCUT2D eigenvalue weighted by Crippen LogP contribution is -2.30. The molecule has 2 unspecified atom stereocenters. The molecule has 0 fully saturated rings. The number of nitrogens with zero attached hydrogens (tertiary/aromatic N) is 2. The summed E-state index contributed by atoms with van der Waals surface area (Å²) in [5.74, 6) is -7.40. The van der Waals surface area contributed by atoms with Gasteiger partial charge in [0.1, 0.15) is 34.6 Å². The minimum absolute atomic E-state index is 0.115. The van der Waals surface area contributed by atoms with E-state index in [1.807, 2.05) is 192 Å². The lowest BCUT2D eigenvalue weighted by molar-refractivity contribution is 0.435. The molecule has 0 saturated heterocycles. The summed E-state index contributed by atoms with van der Waals surface area (Å²) in [5, 5.41) is 0. The van der Waals surface area contributed by atoms with Crippen molar-refractivity contribution < 1.29 is 44.6 Å². The Hall–Kier alpha value is -12.8. The Labute approximate surface area is 583 Å². The molecule has 0 heterocycles. The van der Waals surface area contributed by atoms with Crippen LogP contribution in [0.15, 0.2) is 316 Å². The monoisotopic (exact) mass is 1350 g/mol. The molecule has 0 spiro atoms. The van der Waals surface area contributed by atoms with E-state index in [1.165, 1.54) is 36.4 Å². The zero-order chi connectivity index (χ0) is 70.0. The van der Waals surface area contributed by atoms with Crippen LogP contribution in [0, 0.1) is 46.5 Å². The van der Waals surface area contributed by atoms with Gasteiger partial charge in [0, 0.05) is 45.3 Å². The van der Waals surface area contributed by atoms with Crippen LogP contribution in [0.5, 0.6) is 23.0 Å². The van der Waals surface area contributed by atoms with Crippen LogP contribution in [0.1, 0.15) is 55.6 Å². The quantitative estimate of drug-likeness (QED) is 0.0670. The highest BCUT2D eigenvalue weighted by molar-refractivity contribution is 5.92. The van der Waals surface area contributed by atoms with E-state index in [-0.39, 0.29) is 11.1 Å². The summed E-state index contributed by atoms with van der Waals surface area (Å²) in [7, 11) is 0. The molecule has 0 bridgehead atoms. The maximum Gasteiger partial charge on any atom is 0.194 e. The van der Waals surface area contributed by atoms with Gasteiger partial charge in [-0.05, 0) is 236 Å². The van der Waals surface area contributed by atoms with Crippen molar-refractivity contribution in [1.82, 2.24) is 0 Å². The highest BCUT2D eigenvalue weighted by Crippen LogP contribution is 2.60. The molecule has 0 radical (unpaired) electrons. The van der Waals surface area contributed by atoms with Crippen molar-refractivity contribution in [1.29, 1.82) is 0 Å². The second-order valence-electron chi connectivity index (χ2n) is 25.0. The Kier molecular flexibility index (Phi) is 16.2. The first-order valence-corrected chi connectivity index (χ1v) is 32.8. The standard InChI is InChI=1S/C90H56F8N2O2/c1-3-55-13-39-69(40-14-55)101-71-43-21-59(22-44-71)89(79-49-51-83(93)87(97)85(79)95)77-11-7-5-9-73(77)75-47-37-67(53-81(75)89)99(65-33-25-61(91)26-34-65)63-29-17-57(18-30-63)58-19-31-64(32-20-58)100(66-35-27-62(92)28-36-66)68-38-48-76-74-10-6-8-12-78(74)90(82(76)54-68,80-50-52-84(94)88(98)86(80)96)60-23-45-72(46-24-60)102-70-41-15-56(4-2)16-42-70/h3-54H,1-2H2. The molecule has 0 aromatic heterocycles. The number of hydrogen-bond donors (Lipinski definition) is 0. The van der Waals surface area contributed by atoms with Crippen LogP contribution in [-0.4, -0.2) is 0 Å². The first-order chi connectivity index (χ1) is 49.7. The predicted molar refractivity (Wildman–Crippen MR) is 389 cm³/mol. The summed E-state index contributed by atoms with van der Waals surface area (Å²) < 4.78 is 139. The van der Waals surface area contributed by atoms with Gasteiger partial charge in [0.2, 0.25) is 0 Å². The predicted octanol–water partition coefficient (Wildman–Crippen LogP) is 25.0. The fourth-order valence-corrected chi connectivity index (χ4v) is 14.8. The Morgan fingerprint density at radius 1 is 0.265 bits per heavy atom. The molecule has 2 aliphatic rings. The Balaban J connectivity index is 0.779. The summed E-state index contributed by atoms with van der Waals surface area (Å²) >= 11 is 0. The van der Waals surface area contributed by atoms with E-state index >= 15 is 26.3 Å². The third-order valence-electron chi connectivity index (χ3n) is 19.5. The number of rotatable bonds is 17. The number of fused-ring (bicyclic) bond motifs is 6. The topological polar surface area (TPSA) is 24.9 Å². The molecule has 0 N–H and O–H groups in total. The van der Waals surface area contributed by atoms with Crippen LogP contribution in [0.25, 0.3) is 45.5 Å². The second kappa shape index (κ2) is 25.8. The third-order valence-corrected chi connectivity index (χ3v) is 19.5. The lowest BCUT2D eigenvalue weighted by atomic mass is 9.67. The van der Waals surface area contributed by atoms with E-state index in [1.54, 1.807) is 84.9 Å². The molecule has 14 aromatic carbocycles. The van der Waals surface area contributed by atoms with Gasteiger partial charge in [0.25, 0.3) is 0 Å². The van der Waals surface area contributed by atoms with Crippen molar-refractivity contribution in [2.24, 2.45) is 0 Å². The van der Waals surface area contributed by atoms with Crippen molar-refractivity contribution in [3.05, 3.63) is 419 Å². The Bertz CT molecular complexity index is 5230. The van der Waals surface area contributed by atoms with Gasteiger partial charge in [-0.25, -0.2) is 35.1 Å².